The summed E-state index contributed by atoms with van der Waals surface area (Å²) in [6.45, 7) is 4.39. The van der Waals surface area contributed by atoms with Crippen molar-refractivity contribution in [2.24, 2.45) is 0 Å². The lowest BCUT2D eigenvalue weighted by molar-refractivity contribution is -0.140. The Hall–Kier alpha value is -3.64. The van der Waals surface area contributed by atoms with Crippen molar-refractivity contribution < 1.29 is 19.4 Å². The van der Waals surface area contributed by atoms with E-state index in [0.717, 1.165) is 22.0 Å². The molecule has 1 aliphatic rings. The van der Waals surface area contributed by atoms with Crippen molar-refractivity contribution in [2.75, 3.05) is 32.1 Å². The van der Waals surface area contributed by atoms with Crippen molar-refractivity contribution in [3.8, 4) is 0 Å². The predicted molar refractivity (Wildman–Crippen MR) is 135 cm³/mol. The average Bonchev–Trinajstić information content (AvgIpc) is 3.08. The highest BCUT2D eigenvalue weighted by atomic mass is 16.5. The minimum Gasteiger partial charge on any atom is -0.507 e. The van der Waals surface area contributed by atoms with Crippen molar-refractivity contribution in [3.63, 3.8) is 0 Å². The molecule has 0 spiro atoms. The summed E-state index contributed by atoms with van der Waals surface area (Å²) in [5.74, 6) is -1.48. The fraction of sp³-hybridized carbons (Fsp3) is 0.286. The molecule has 0 aliphatic carbocycles. The zero-order valence-electron chi connectivity index (χ0n) is 20.0. The number of rotatable bonds is 7. The summed E-state index contributed by atoms with van der Waals surface area (Å²) in [7, 11) is 3.90. The van der Waals surface area contributed by atoms with Crippen LogP contribution in [0.4, 0.5) is 5.69 Å². The van der Waals surface area contributed by atoms with Gasteiger partial charge in [0.1, 0.15) is 5.76 Å². The first-order valence-electron chi connectivity index (χ1n) is 11.4. The number of Topliss-reactive ketones (excluding diaryl/α,β-unsaturated/α-hetero) is 1. The van der Waals surface area contributed by atoms with Crippen molar-refractivity contribution >= 4 is 33.9 Å². The van der Waals surface area contributed by atoms with Crippen molar-refractivity contribution in [1.29, 1.82) is 0 Å². The number of hydrogen-bond donors (Lipinski definition) is 1. The van der Waals surface area contributed by atoms with Gasteiger partial charge in [0.15, 0.2) is 0 Å². The summed E-state index contributed by atoms with van der Waals surface area (Å²) in [4.78, 5) is 29.7. The van der Waals surface area contributed by atoms with E-state index >= 15 is 0 Å². The molecule has 1 heterocycles. The molecule has 176 valence electrons. The smallest absolute Gasteiger partial charge is 0.295 e. The van der Waals surface area contributed by atoms with Crippen molar-refractivity contribution in [1.82, 2.24) is 4.90 Å². The number of ether oxygens (including phenoxy) is 1. The molecule has 1 atom stereocenters. The number of amides is 1. The van der Waals surface area contributed by atoms with Crippen LogP contribution in [0.3, 0.4) is 0 Å². The third-order valence-corrected chi connectivity index (χ3v) is 6.07. The first-order valence-corrected chi connectivity index (χ1v) is 11.4. The molecule has 1 saturated heterocycles. The SMILES string of the molecule is CC(C)OCCN1C(=O)C(=O)/C(=C(\O)c2ccc3ccccc3c2)C1c1ccc(N(C)C)cc1. The Morgan fingerprint density at radius 3 is 2.32 bits per heavy atom. The maximum Gasteiger partial charge on any atom is 0.295 e. The largest absolute Gasteiger partial charge is 0.507 e. The highest BCUT2D eigenvalue weighted by Gasteiger charge is 2.45. The number of nitrogens with zero attached hydrogens (tertiary/aromatic N) is 2. The van der Waals surface area contributed by atoms with E-state index in [-0.39, 0.29) is 24.0 Å². The van der Waals surface area contributed by atoms with Gasteiger partial charge in [0.2, 0.25) is 0 Å². The highest BCUT2D eigenvalue weighted by Crippen LogP contribution is 2.40. The van der Waals surface area contributed by atoms with Gasteiger partial charge in [-0.25, -0.2) is 0 Å². The number of hydrogen-bond acceptors (Lipinski definition) is 5. The van der Waals surface area contributed by atoms with Crippen molar-refractivity contribution in [2.45, 2.75) is 26.0 Å². The maximum atomic E-state index is 13.2. The first-order chi connectivity index (χ1) is 16.3. The lowest BCUT2D eigenvalue weighted by Gasteiger charge is -2.26. The molecule has 0 radical (unpaired) electrons. The fourth-order valence-corrected chi connectivity index (χ4v) is 4.29. The van der Waals surface area contributed by atoms with Gasteiger partial charge in [0.05, 0.1) is 24.3 Å². The van der Waals surface area contributed by atoms with Gasteiger partial charge < -0.3 is 19.6 Å². The van der Waals surface area contributed by atoms with E-state index in [0.29, 0.717) is 12.2 Å². The average molecular weight is 459 g/mol. The minimum atomic E-state index is -0.696. The summed E-state index contributed by atoms with van der Waals surface area (Å²) in [6, 6.07) is 20.3. The van der Waals surface area contributed by atoms with E-state index in [4.69, 9.17) is 4.74 Å². The Morgan fingerprint density at radius 2 is 1.68 bits per heavy atom. The van der Waals surface area contributed by atoms with Gasteiger partial charge in [-0.1, -0.05) is 48.5 Å². The van der Waals surface area contributed by atoms with E-state index in [1.807, 2.05) is 93.5 Å². The molecule has 1 N–H and O–H groups in total. The summed E-state index contributed by atoms with van der Waals surface area (Å²) in [5.41, 5.74) is 2.36. The predicted octanol–water partition coefficient (Wildman–Crippen LogP) is 4.75. The van der Waals surface area contributed by atoms with E-state index < -0.39 is 17.7 Å². The Kier molecular flexibility index (Phi) is 6.70. The van der Waals surface area contributed by atoms with Crippen LogP contribution in [0.25, 0.3) is 16.5 Å². The summed E-state index contributed by atoms with van der Waals surface area (Å²) < 4.78 is 5.66. The molecular weight excluding hydrogens is 428 g/mol. The number of anilines is 1. The second-order valence-electron chi connectivity index (χ2n) is 8.96. The summed E-state index contributed by atoms with van der Waals surface area (Å²) >= 11 is 0. The molecule has 6 heteroatoms. The van der Waals surface area contributed by atoms with Crippen LogP contribution in [-0.4, -0.2) is 55.0 Å². The number of carbonyl (C=O) groups excluding carboxylic acids is 2. The molecule has 1 unspecified atom stereocenters. The van der Waals surface area contributed by atoms with Gasteiger partial charge in [-0.2, -0.15) is 0 Å². The minimum absolute atomic E-state index is 0.00671. The van der Waals surface area contributed by atoms with E-state index in [1.165, 1.54) is 4.90 Å². The lowest BCUT2D eigenvalue weighted by Crippen LogP contribution is -2.33. The third kappa shape index (κ3) is 4.54. The molecule has 1 aliphatic heterocycles. The third-order valence-electron chi connectivity index (χ3n) is 6.07. The van der Waals surface area contributed by atoms with Crippen LogP contribution in [0.2, 0.25) is 0 Å². The lowest BCUT2D eigenvalue weighted by atomic mass is 9.94. The second kappa shape index (κ2) is 9.69. The van der Waals surface area contributed by atoms with Crippen LogP contribution in [-0.2, 0) is 14.3 Å². The van der Waals surface area contributed by atoms with E-state index in [1.54, 1.807) is 6.07 Å². The normalized spacial score (nSPS) is 17.7. The van der Waals surface area contributed by atoms with E-state index in [2.05, 4.69) is 0 Å². The Morgan fingerprint density at radius 1 is 1.00 bits per heavy atom. The van der Waals surface area contributed by atoms with Crippen LogP contribution < -0.4 is 4.90 Å². The molecule has 1 fully saturated rings. The number of carbonyl (C=O) groups is 2. The van der Waals surface area contributed by atoms with Crippen molar-refractivity contribution in [3.05, 3.63) is 83.4 Å². The molecular formula is C28H30N2O4. The summed E-state index contributed by atoms with van der Waals surface area (Å²) in [5, 5.41) is 13.3. The van der Waals surface area contributed by atoms with Gasteiger partial charge in [-0.15, -0.1) is 0 Å². The number of benzene rings is 3. The Balaban J connectivity index is 1.81. The molecule has 1 amide bonds. The van der Waals surface area contributed by atoms with Crippen LogP contribution >= 0.6 is 0 Å². The topological polar surface area (TPSA) is 70.1 Å². The molecule has 3 aromatic carbocycles. The number of fused-ring (bicyclic) bond motifs is 1. The monoisotopic (exact) mass is 458 g/mol. The van der Waals surface area contributed by atoms with Crippen LogP contribution in [0.5, 0.6) is 0 Å². The second-order valence-corrected chi connectivity index (χ2v) is 8.96. The van der Waals surface area contributed by atoms with Crippen LogP contribution in [0.15, 0.2) is 72.3 Å². The van der Waals surface area contributed by atoms with Crippen LogP contribution in [0, 0.1) is 0 Å². The Labute approximate surface area is 200 Å². The molecule has 4 rings (SSSR count). The van der Waals surface area contributed by atoms with Gasteiger partial charge >= 0.3 is 0 Å². The molecule has 6 nitrogen and oxygen atoms in total. The van der Waals surface area contributed by atoms with Gasteiger partial charge in [-0.05, 0) is 48.4 Å². The number of ketones is 1. The zero-order valence-corrected chi connectivity index (χ0v) is 20.0. The quantitative estimate of drug-likeness (QED) is 0.314. The van der Waals surface area contributed by atoms with Gasteiger partial charge in [0, 0.05) is 31.9 Å². The molecule has 0 bridgehead atoms. The number of aliphatic hydroxyl groups excluding tert-OH is 1. The standard InChI is InChI=1S/C28H30N2O4/c1-18(2)34-16-15-30-25(20-11-13-23(14-12-20)29(3)4)24(27(32)28(30)33)26(31)22-10-9-19-7-5-6-8-21(19)17-22/h5-14,17-18,25,31H,15-16H2,1-4H3/b26-24-. The van der Waals surface area contributed by atoms with Gasteiger partial charge in [-0.3, -0.25) is 9.59 Å². The molecule has 3 aromatic rings. The zero-order chi connectivity index (χ0) is 24.4. The summed E-state index contributed by atoms with van der Waals surface area (Å²) in [6.07, 6.45) is 0.00671. The number of likely N-dealkylation sites (tertiary alicyclic amines) is 1. The number of aliphatic hydroxyl groups is 1. The fourth-order valence-electron chi connectivity index (χ4n) is 4.29. The highest BCUT2D eigenvalue weighted by molar-refractivity contribution is 6.46. The van der Waals surface area contributed by atoms with Gasteiger partial charge in [0.25, 0.3) is 11.7 Å². The molecule has 0 saturated carbocycles. The Bertz CT molecular complexity index is 1240. The first kappa shape index (κ1) is 23.5. The molecule has 0 aromatic heterocycles. The van der Waals surface area contributed by atoms with Crippen LogP contribution in [0.1, 0.15) is 31.0 Å². The maximum absolute atomic E-state index is 13.2. The molecule has 34 heavy (non-hydrogen) atoms. The van der Waals surface area contributed by atoms with E-state index in [9.17, 15) is 14.7 Å².